The van der Waals surface area contributed by atoms with E-state index in [1.54, 1.807) is 0 Å². The minimum atomic E-state index is -3.70. The van der Waals surface area contributed by atoms with E-state index in [2.05, 4.69) is 0 Å². The van der Waals surface area contributed by atoms with Gasteiger partial charge in [-0.2, -0.15) is 4.31 Å². The Balaban J connectivity index is 2.10. The van der Waals surface area contributed by atoms with Gasteiger partial charge in [0.2, 0.25) is 15.9 Å². The number of hydrogen-bond donors (Lipinski definition) is 2. The zero-order valence-electron chi connectivity index (χ0n) is 14.0. The normalized spacial score (nSPS) is 15.7. The van der Waals surface area contributed by atoms with E-state index in [1.807, 2.05) is 0 Å². The predicted molar refractivity (Wildman–Crippen MR) is 99.7 cm³/mol. The lowest BCUT2D eigenvalue weighted by Crippen LogP contribution is -2.35. The highest BCUT2D eigenvalue weighted by molar-refractivity contribution is 7.89. The van der Waals surface area contributed by atoms with Gasteiger partial charge in [-0.3, -0.25) is 4.79 Å². The first-order chi connectivity index (χ1) is 12.3. The Bertz CT molecular complexity index is 954. The maximum Gasteiger partial charge on any atom is 0.249 e. The second kappa shape index (κ2) is 7.26. The Hall–Kier alpha value is -2.09. The molecule has 0 aromatic heterocycles. The molecule has 0 bridgehead atoms. The highest BCUT2D eigenvalue weighted by atomic mass is 35.5. The number of primary amides is 1. The molecule has 0 atom stereocenters. The van der Waals surface area contributed by atoms with Crippen molar-refractivity contribution in [2.24, 2.45) is 5.73 Å². The van der Waals surface area contributed by atoms with Crippen LogP contribution in [0.25, 0.3) is 11.1 Å². The number of carbonyl (C=O) groups is 1. The first-order valence-corrected chi connectivity index (χ1v) is 10.1. The van der Waals surface area contributed by atoms with Gasteiger partial charge in [0.15, 0.2) is 0 Å². The topological polar surface area (TPSA) is 101 Å². The van der Waals surface area contributed by atoms with E-state index in [0.717, 1.165) is 19.3 Å². The van der Waals surface area contributed by atoms with Crippen molar-refractivity contribution in [1.29, 1.82) is 0 Å². The van der Waals surface area contributed by atoms with Crippen molar-refractivity contribution in [2.45, 2.75) is 24.2 Å². The van der Waals surface area contributed by atoms with Crippen molar-refractivity contribution in [1.82, 2.24) is 4.31 Å². The van der Waals surface area contributed by atoms with Gasteiger partial charge in [-0.25, -0.2) is 8.42 Å². The van der Waals surface area contributed by atoms with Gasteiger partial charge in [-0.1, -0.05) is 24.1 Å². The fraction of sp³-hybridized carbons (Fsp3) is 0.278. The number of halogens is 1. The molecule has 1 fully saturated rings. The Morgan fingerprint density at radius 2 is 1.73 bits per heavy atom. The number of carbonyl (C=O) groups excluding carboxylic acids is 1. The van der Waals surface area contributed by atoms with Crippen LogP contribution >= 0.6 is 11.6 Å². The van der Waals surface area contributed by atoms with Crippen LogP contribution in [-0.4, -0.2) is 36.8 Å². The largest absolute Gasteiger partial charge is 0.507 e. The molecule has 1 aliphatic rings. The predicted octanol–water partition coefficient (Wildman–Crippen LogP) is 2.99. The summed E-state index contributed by atoms with van der Waals surface area (Å²) in [6.45, 7) is 0.927. The SMILES string of the molecule is NC(=O)c1cc(S(=O)(=O)N2CCCCC2)ccc1-c1cc(Cl)ccc1O. The maximum absolute atomic E-state index is 12.8. The average Bonchev–Trinajstić information content (AvgIpc) is 2.64. The van der Waals surface area contributed by atoms with Gasteiger partial charge >= 0.3 is 0 Å². The zero-order valence-corrected chi connectivity index (χ0v) is 15.6. The van der Waals surface area contributed by atoms with Crippen LogP contribution in [0.3, 0.4) is 0 Å². The lowest BCUT2D eigenvalue weighted by Gasteiger charge is -2.26. The summed E-state index contributed by atoms with van der Waals surface area (Å²) in [6, 6.07) is 8.58. The van der Waals surface area contributed by atoms with Crippen LogP contribution in [0.4, 0.5) is 0 Å². The molecule has 0 radical (unpaired) electrons. The summed E-state index contributed by atoms with van der Waals surface area (Å²) in [4.78, 5) is 12.0. The molecule has 1 amide bonds. The van der Waals surface area contributed by atoms with Crippen LogP contribution in [0.2, 0.25) is 5.02 Å². The van der Waals surface area contributed by atoms with E-state index < -0.39 is 15.9 Å². The Morgan fingerprint density at radius 3 is 2.38 bits per heavy atom. The second-order valence-electron chi connectivity index (χ2n) is 6.20. The van der Waals surface area contributed by atoms with Crippen LogP contribution < -0.4 is 5.73 Å². The Labute approximate surface area is 157 Å². The van der Waals surface area contributed by atoms with Crippen LogP contribution in [0.15, 0.2) is 41.3 Å². The number of nitrogens with two attached hydrogens (primary N) is 1. The molecule has 0 aliphatic carbocycles. The van der Waals surface area contributed by atoms with E-state index in [9.17, 15) is 18.3 Å². The number of phenolic OH excluding ortho intramolecular Hbond substituents is 1. The molecule has 138 valence electrons. The van der Waals surface area contributed by atoms with Crippen molar-refractivity contribution in [3.63, 3.8) is 0 Å². The van der Waals surface area contributed by atoms with Gasteiger partial charge in [0, 0.05) is 29.2 Å². The number of amides is 1. The van der Waals surface area contributed by atoms with Crippen molar-refractivity contribution in [2.75, 3.05) is 13.1 Å². The summed E-state index contributed by atoms with van der Waals surface area (Å²) < 4.78 is 27.1. The molecule has 0 spiro atoms. The Morgan fingerprint density at radius 1 is 1.04 bits per heavy atom. The molecule has 3 N–H and O–H groups in total. The third-order valence-electron chi connectivity index (χ3n) is 4.46. The van der Waals surface area contributed by atoms with Crippen molar-refractivity contribution in [3.05, 3.63) is 47.0 Å². The summed E-state index contributed by atoms with van der Waals surface area (Å²) in [6.07, 6.45) is 2.64. The molecule has 0 unspecified atom stereocenters. The number of nitrogens with zero attached hydrogens (tertiary/aromatic N) is 1. The first kappa shape index (κ1) is 18.7. The van der Waals surface area contributed by atoms with Gasteiger partial charge in [-0.05, 0) is 48.7 Å². The van der Waals surface area contributed by atoms with Crippen LogP contribution in [0, 0.1) is 0 Å². The molecule has 2 aromatic rings. The molecule has 6 nitrogen and oxygen atoms in total. The average molecular weight is 395 g/mol. The van der Waals surface area contributed by atoms with Crippen LogP contribution in [0.1, 0.15) is 29.6 Å². The molecule has 8 heteroatoms. The highest BCUT2D eigenvalue weighted by Crippen LogP contribution is 2.35. The molecule has 1 aliphatic heterocycles. The third kappa shape index (κ3) is 3.56. The molecule has 0 saturated carbocycles. The van der Waals surface area contributed by atoms with Gasteiger partial charge in [0.1, 0.15) is 5.75 Å². The standard InChI is InChI=1S/C18H19ClN2O4S/c19-12-4-7-17(22)15(10-12)14-6-5-13(11-16(14)18(20)23)26(24,25)21-8-2-1-3-9-21/h4-7,10-11,22H,1-3,8-9H2,(H2,20,23). The van der Waals surface area contributed by atoms with E-state index in [-0.39, 0.29) is 16.2 Å². The van der Waals surface area contributed by atoms with Gasteiger partial charge in [0.25, 0.3) is 0 Å². The van der Waals surface area contributed by atoms with Gasteiger partial charge in [-0.15, -0.1) is 0 Å². The number of sulfonamides is 1. The molecular weight excluding hydrogens is 376 g/mol. The summed E-state index contributed by atoms with van der Waals surface area (Å²) in [7, 11) is -3.70. The van der Waals surface area contributed by atoms with Crippen molar-refractivity contribution < 1.29 is 18.3 Å². The summed E-state index contributed by atoms with van der Waals surface area (Å²) >= 11 is 5.97. The van der Waals surface area contributed by atoms with E-state index >= 15 is 0 Å². The quantitative estimate of drug-likeness (QED) is 0.832. The number of aromatic hydroxyl groups is 1. The minimum absolute atomic E-state index is 0.0125. The zero-order chi connectivity index (χ0) is 18.9. The summed E-state index contributed by atoms with van der Waals surface area (Å²) in [5.74, 6) is -0.862. The van der Waals surface area contributed by atoms with Gasteiger partial charge in [0.05, 0.1) is 4.90 Å². The molecule has 1 heterocycles. The Kier molecular flexibility index (Phi) is 5.22. The van der Waals surface area contributed by atoms with Gasteiger partial charge < -0.3 is 10.8 Å². The fourth-order valence-corrected chi connectivity index (χ4v) is 4.82. The number of rotatable bonds is 4. The number of phenols is 1. The number of piperidine rings is 1. The fourth-order valence-electron chi connectivity index (χ4n) is 3.10. The molecule has 26 heavy (non-hydrogen) atoms. The van der Waals surface area contributed by atoms with E-state index in [4.69, 9.17) is 17.3 Å². The highest BCUT2D eigenvalue weighted by Gasteiger charge is 2.27. The van der Waals surface area contributed by atoms with Crippen molar-refractivity contribution in [3.8, 4) is 16.9 Å². The van der Waals surface area contributed by atoms with Crippen LogP contribution in [-0.2, 0) is 10.0 Å². The van der Waals surface area contributed by atoms with Crippen LogP contribution in [0.5, 0.6) is 5.75 Å². The molecular formula is C18H19ClN2O4S. The molecule has 3 rings (SSSR count). The summed E-state index contributed by atoms with van der Waals surface area (Å²) in [5, 5.41) is 10.5. The number of benzene rings is 2. The maximum atomic E-state index is 12.8. The van der Waals surface area contributed by atoms with E-state index in [1.165, 1.54) is 40.7 Å². The minimum Gasteiger partial charge on any atom is -0.507 e. The third-order valence-corrected chi connectivity index (χ3v) is 6.59. The molecule has 1 saturated heterocycles. The smallest absolute Gasteiger partial charge is 0.249 e. The monoisotopic (exact) mass is 394 g/mol. The first-order valence-electron chi connectivity index (χ1n) is 8.23. The van der Waals surface area contributed by atoms with Crippen molar-refractivity contribution >= 4 is 27.5 Å². The summed E-state index contributed by atoms with van der Waals surface area (Å²) in [5.41, 5.74) is 6.13. The molecule has 2 aromatic carbocycles. The number of hydrogen-bond acceptors (Lipinski definition) is 4. The van der Waals surface area contributed by atoms with E-state index in [0.29, 0.717) is 29.2 Å². The lowest BCUT2D eigenvalue weighted by molar-refractivity contribution is 0.100. The second-order valence-corrected chi connectivity index (χ2v) is 8.57. The lowest BCUT2D eigenvalue weighted by atomic mass is 9.98.